The van der Waals surface area contributed by atoms with E-state index in [9.17, 15) is 18.0 Å². The summed E-state index contributed by atoms with van der Waals surface area (Å²) in [6, 6.07) is 2.99. The second-order valence-corrected chi connectivity index (χ2v) is 10.5. The van der Waals surface area contributed by atoms with E-state index in [-0.39, 0.29) is 50.3 Å². The molecule has 4 rings (SSSR count). The predicted octanol–water partition coefficient (Wildman–Crippen LogP) is 4.30. The summed E-state index contributed by atoms with van der Waals surface area (Å²) < 4.78 is 44.0. The SMILES string of the molecule is CC(=O)c1c(NC(=O)c2sc(C)cc2S(=O)(=O)Nc2onc(C)c2Cl)c(C)cc2c1OCO2. The Kier molecular flexibility index (Phi) is 5.85. The number of aryl methyl sites for hydroxylation is 3. The Morgan fingerprint density at radius 1 is 1.18 bits per heavy atom. The van der Waals surface area contributed by atoms with Crippen molar-refractivity contribution in [2.24, 2.45) is 0 Å². The minimum Gasteiger partial charge on any atom is -0.454 e. The average Bonchev–Trinajstić information content (AvgIpc) is 3.43. The van der Waals surface area contributed by atoms with Gasteiger partial charge in [0.05, 0.1) is 11.3 Å². The fourth-order valence-electron chi connectivity index (χ4n) is 3.29. The number of halogens is 1. The van der Waals surface area contributed by atoms with Gasteiger partial charge < -0.3 is 19.3 Å². The Bertz CT molecular complexity index is 1410. The average molecular weight is 512 g/mol. The molecule has 0 fully saturated rings. The van der Waals surface area contributed by atoms with Crippen molar-refractivity contribution >= 4 is 56.2 Å². The summed E-state index contributed by atoms with van der Waals surface area (Å²) in [4.78, 5) is 25.8. The molecule has 2 aromatic heterocycles. The lowest BCUT2D eigenvalue weighted by atomic mass is 10.0. The first-order chi connectivity index (χ1) is 15.5. The maximum absolute atomic E-state index is 13.2. The summed E-state index contributed by atoms with van der Waals surface area (Å²) in [6.45, 7) is 6.20. The molecule has 1 aliphatic heterocycles. The van der Waals surface area contributed by atoms with Gasteiger partial charge in [-0.05, 0) is 45.4 Å². The van der Waals surface area contributed by atoms with Gasteiger partial charge in [0.25, 0.3) is 21.8 Å². The number of anilines is 2. The number of hydrogen-bond donors (Lipinski definition) is 2. The number of benzene rings is 1. The minimum atomic E-state index is -4.25. The summed E-state index contributed by atoms with van der Waals surface area (Å²) >= 11 is 7.00. The second kappa shape index (κ2) is 8.36. The number of carbonyl (C=O) groups excluding carboxylic acids is 2. The number of sulfonamides is 1. The number of Topliss-reactive ketones (excluding diaryl/α,β-unsaturated/α-hetero) is 1. The van der Waals surface area contributed by atoms with E-state index in [2.05, 4.69) is 15.2 Å². The van der Waals surface area contributed by atoms with E-state index in [1.807, 2.05) is 0 Å². The third-order valence-electron chi connectivity index (χ3n) is 4.79. The molecule has 2 N–H and O–H groups in total. The molecule has 0 spiro atoms. The first-order valence-electron chi connectivity index (χ1n) is 9.50. The highest BCUT2D eigenvalue weighted by Gasteiger charge is 2.31. The largest absolute Gasteiger partial charge is 0.454 e. The third-order valence-corrected chi connectivity index (χ3v) is 7.76. The van der Waals surface area contributed by atoms with Crippen LogP contribution in [0.15, 0.2) is 21.6 Å². The van der Waals surface area contributed by atoms with E-state index in [4.69, 9.17) is 25.6 Å². The summed E-state index contributed by atoms with van der Waals surface area (Å²) in [5, 5.41) is 6.30. The number of hydrogen-bond acceptors (Lipinski definition) is 9. The molecule has 0 aliphatic carbocycles. The molecule has 0 atom stereocenters. The smallest absolute Gasteiger partial charge is 0.267 e. The molecule has 13 heteroatoms. The Labute approximate surface area is 197 Å². The van der Waals surface area contributed by atoms with Crippen LogP contribution in [0, 0.1) is 20.8 Å². The number of rotatable bonds is 6. The van der Waals surface area contributed by atoms with Crippen molar-refractivity contribution in [2.75, 3.05) is 16.8 Å². The van der Waals surface area contributed by atoms with Gasteiger partial charge in [-0.15, -0.1) is 11.3 Å². The second-order valence-electron chi connectivity index (χ2n) is 7.25. The van der Waals surface area contributed by atoms with Crippen LogP contribution in [0.4, 0.5) is 11.6 Å². The molecule has 10 nitrogen and oxygen atoms in total. The fourth-order valence-corrected chi connectivity index (χ4v) is 5.95. The molecule has 3 heterocycles. The predicted molar refractivity (Wildman–Crippen MR) is 121 cm³/mol. The molecular weight excluding hydrogens is 494 g/mol. The van der Waals surface area contributed by atoms with Gasteiger partial charge in [0.15, 0.2) is 17.3 Å². The maximum Gasteiger partial charge on any atom is 0.267 e. The number of nitrogens with one attached hydrogen (secondary N) is 2. The zero-order valence-electron chi connectivity index (χ0n) is 17.9. The maximum atomic E-state index is 13.2. The van der Waals surface area contributed by atoms with Gasteiger partial charge in [0.1, 0.15) is 20.5 Å². The zero-order valence-corrected chi connectivity index (χ0v) is 20.3. The highest BCUT2D eigenvalue weighted by molar-refractivity contribution is 7.93. The Balaban J connectivity index is 1.72. The van der Waals surface area contributed by atoms with E-state index in [1.54, 1.807) is 26.8 Å². The number of amides is 1. The summed E-state index contributed by atoms with van der Waals surface area (Å²) in [7, 11) is -4.25. The Hall–Kier alpha value is -3.09. The fraction of sp³-hybridized carbons (Fsp3) is 0.250. The topological polar surface area (TPSA) is 137 Å². The van der Waals surface area contributed by atoms with Crippen LogP contribution >= 0.6 is 22.9 Å². The molecule has 0 unspecified atom stereocenters. The third kappa shape index (κ3) is 4.16. The van der Waals surface area contributed by atoms with E-state index < -0.39 is 15.9 Å². The van der Waals surface area contributed by atoms with Gasteiger partial charge in [0, 0.05) is 4.88 Å². The molecule has 1 aromatic carbocycles. The number of carbonyl (C=O) groups is 2. The van der Waals surface area contributed by atoms with Crippen LogP contribution in [0.2, 0.25) is 5.02 Å². The molecule has 0 saturated heterocycles. The number of ketones is 1. The van der Waals surface area contributed by atoms with Crippen molar-refractivity contribution in [1.82, 2.24) is 5.16 Å². The van der Waals surface area contributed by atoms with E-state index >= 15 is 0 Å². The molecule has 33 heavy (non-hydrogen) atoms. The van der Waals surface area contributed by atoms with Crippen molar-refractivity contribution in [3.63, 3.8) is 0 Å². The lowest BCUT2D eigenvalue weighted by Gasteiger charge is -2.15. The number of ether oxygens (including phenoxy) is 2. The quantitative estimate of drug-likeness (QED) is 0.467. The summed E-state index contributed by atoms with van der Waals surface area (Å²) in [6.07, 6.45) is 0. The lowest BCUT2D eigenvalue weighted by Crippen LogP contribution is -2.20. The van der Waals surface area contributed by atoms with Gasteiger partial charge in [-0.3, -0.25) is 9.59 Å². The monoisotopic (exact) mass is 511 g/mol. The van der Waals surface area contributed by atoms with Crippen molar-refractivity contribution in [3.05, 3.63) is 43.7 Å². The van der Waals surface area contributed by atoms with Gasteiger partial charge in [-0.25, -0.2) is 13.1 Å². The molecule has 0 saturated carbocycles. The highest BCUT2D eigenvalue weighted by atomic mass is 35.5. The van der Waals surface area contributed by atoms with Gasteiger partial charge in [-0.1, -0.05) is 16.8 Å². The van der Waals surface area contributed by atoms with Crippen LogP contribution in [0.5, 0.6) is 11.5 Å². The lowest BCUT2D eigenvalue weighted by molar-refractivity contribution is 0.101. The van der Waals surface area contributed by atoms with Crippen LogP contribution in [-0.4, -0.2) is 32.1 Å². The van der Waals surface area contributed by atoms with Crippen LogP contribution < -0.4 is 19.5 Å². The number of fused-ring (bicyclic) bond motifs is 1. The number of thiophene rings is 1. The van der Waals surface area contributed by atoms with Crippen LogP contribution in [0.1, 0.15) is 43.1 Å². The first-order valence-corrected chi connectivity index (χ1v) is 12.2. The zero-order chi connectivity index (χ0) is 24.1. The summed E-state index contributed by atoms with van der Waals surface area (Å²) in [5.74, 6) is -0.680. The molecule has 1 amide bonds. The number of nitrogens with zero attached hydrogens (tertiary/aromatic N) is 1. The van der Waals surface area contributed by atoms with Gasteiger partial charge in [0.2, 0.25) is 6.79 Å². The molecule has 0 radical (unpaired) electrons. The highest BCUT2D eigenvalue weighted by Crippen LogP contribution is 2.42. The Morgan fingerprint density at radius 2 is 1.91 bits per heavy atom. The van der Waals surface area contributed by atoms with Crippen LogP contribution in [0.3, 0.4) is 0 Å². The normalized spacial score (nSPS) is 12.6. The van der Waals surface area contributed by atoms with Crippen LogP contribution in [-0.2, 0) is 10.0 Å². The molecule has 174 valence electrons. The van der Waals surface area contributed by atoms with Crippen molar-refractivity contribution in [1.29, 1.82) is 0 Å². The van der Waals surface area contributed by atoms with E-state index in [0.717, 1.165) is 11.3 Å². The molecule has 1 aliphatic rings. The molecule has 3 aromatic rings. The molecular formula is C20H18ClN3O7S2. The Morgan fingerprint density at radius 3 is 2.55 bits per heavy atom. The first kappa shape index (κ1) is 23.1. The van der Waals surface area contributed by atoms with Crippen molar-refractivity contribution in [3.8, 4) is 11.5 Å². The van der Waals surface area contributed by atoms with E-state index in [0.29, 0.717) is 21.9 Å². The molecule has 0 bridgehead atoms. The number of aromatic nitrogens is 1. The van der Waals surface area contributed by atoms with E-state index in [1.165, 1.54) is 13.0 Å². The minimum absolute atomic E-state index is 0.0126. The van der Waals surface area contributed by atoms with Gasteiger partial charge >= 0.3 is 0 Å². The van der Waals surface area contributed by atoms with Crippen molar-refractivity contribution < 1.29 is 32.0 Å². The summed E-state index contributed by atoms with van der Waals surface area (Å²) in [5.41, 5.74) is 1.23. The van der Waals surface area contributed by atoms with Crippen molar-refractivity contribution in [2.45, 2.75) is 32.6 Å². The standard InChI is InChI=1S/C20H18ClN3O7S2/c1-8-5-12-17(30-7-29-12)14(11(4)25)16(8)22-19(26)18-13(6-9(2)32-18)33(27,28)24-20-15(21)10(3)23-31-20/h5-6,24H,7H2,1-4H3,(H,22,26). The van der Waals surface area contributed by atoms with Gasteiger partial charge in [-0.2, -0.15) is 0 Å². The van der Waals surface area contributed by atoms with Crippen LogP contribution in [0.25, 0.3) is 0 Å².